The molecule has 0 bridgehead atoms. The van der Waals surface area contributed by atoms with Gasteiger partial charge in [-0.1, -0.05) is 25.7 Å². The first-order valence-electron chi connectivity index (χ1n) is 7.64. The molecule has 1 aliphatic carbocycles. The van der Waals surface area contributed by atoms with E-state index in [1.54, 1.807) is 6.08 Å². The predicted molar refractivity (Wildman–Crippen MR) is 84.7 cm³/mol. The third-order valence-corrected chi connectivity index (χ3v) is 4.50. The number of ether oxygens (including phenoxy) is 2. The van der Waals surface area contributed by atoms with Crippen LogP contribution in [0.15, 0.2) is 23.0 Å². The van der Waals surface area contributed by atoms with Gasteiger partial charge in [0, 0.05) is 24.8 Å². The van der Waals surface area contributed by atoms with E-state index in [0.29, 0.717) is 17.8 Å². The van der Waals surface area contributed by atoms with Crippen LogP contribution in [-0.4, -0.2) is 34.3 Å². The van der Waals surface area contributed by atoms with Crippen molar-refractivity contribution < 1.29 is 19.7 Å². The van der Waals surface area contributed by atoms with E-state index in [-0.39, 0.29) is 12.7 Å². The minimum Gasteiger partial charge on any atom is -0.464 e. The first-order valence-corrected chi connectivity index (χ1v) is 7.64. The topological polar surface area (TPSA) is 58.9 Å². The van der Waals surface area contributed by atoms with Crippen molar-refractivity contribution in [3.8, 4) is 11.8 Å². The zero-order valence-electron chi connectivity index (χ0n) is 14.3. The van der Waals surface area contributed by atoms with Crippen LogP contribution in [0.2, 0.25) is 0 Å². The molecule has 2 aliphatic rings. The van der Waals surface area contributed by atoms with Crippen molar-refractivity contribution in [1.82, 2.24) is 0 Å². The highest BCUT2D eigenvalue weighted by atomic mass is 16.7. The highest BCUT2D eigenvalue weighted by Gasteiger charge is 2.55. The van der Waals surface area contributed by atoms with Gasteiger partial charge in [0.2, 0.25) is 5.79 Å². The Morgan fingerprint density at radius 3 is 2.59 bits per heavy atom. The number of allylic oxidation sites excluding steroid dienone is 1. The van der Waals surface area contributed by atoms with E-state index in [2.05, 4.69) is 11.8 Å². The standard InChI is InChI=1S/C18H26O4/c1-12(8-10-19)7-9-18(20)13(2)15-14(11-16(18,3)4)21-17(5,6)22-15/h8,14,19-20H,10-11H2,1-6H3/b12-8+/t14-,18?/m0/s1. The van der Waals surface area contributed by atoms with E-state index < -0.39 is 16.8 Å². The summed E-state index contributed by atoms with van der Waals surface area (Å²) in [5.41, 5.74) is -0.312. The highest BCUT2D eigenvalue weighted by molar-refractivity contribution is 5.43. The lowest BCUT2D eigenvalue weighted by molar-refractivity contribution is -0.138. The van der Waals surface area contributed by atoms with Crippen molar-refractivity contribution >= 4 is 0 Å². The Bertz CT molecular complexity index is 586. The molecular weight excluding hydrogens is 280 g/mol. The molecule has 2 N–H and O–H groups in total. The van der Waals surface area contributed by atoms with Crippen LogP contribution in [0.3, 0.4) is 0 Å². The lowest BCUT2D eigenvalue weighted by Gasteiger charge is -2.44. The van der Waals surface area contributed by atoms with Crippen LogP contribution in [-0.2, 0) is 9.47 Å². The summed E-state index contributed by atoms with van der Waals surface area (Å²) in [4.78, 5) is 0. The molecule has 122 valence electrons. The molecule has 0 aromatic heterocycles. The van der Waals surface area contributed by atoms with Crippen LogP contribution in [0.4, 0.5) is 0 Å². The summed E-state index contributed by atoms with van der Waals surface area (Å²) in [5.74, 6) is 5.97. The first kappa shape index (κ1) is 17.1. The van der Waals surface area contributed by atoms with Crippen molar-refractivity contribution in [2.45, 2.75) is 65.5 Å². The first-order chi connectivity index (χ1) is 10.0. The minimum atomic E-state index is -1.28. The Balaban J connectivity index is 2.49. The summed E-state index contributed by atoms with van der Waals surface area (Å²) in [6, 6.07) is 0. The number of hydrogen-bond acceptors (Lipinski definition) is 4. The van der Waals surface area contributed by atoms with E-state index in [4.69, 9.17) is 14.6 Å². The molecule has 2 atom stereocenters. The smallest absolute Gasteiger partial charge is 0.205 e. The van der Waals surface area contributed by atoms with E-state index in [9.17, 15) is 5.11 Å². The van der Waals surface area contributed by atoms with Gasteiger partial charge in [0.05, 0.1) is 6.61 Å². The van der Waals surface area contributed by atoms with Gasteiger partial charge in [-0.3, -0.25) is 0 Å². The van der Waals surface area contributed by atoms with E-state index >= 15 is 0 Å². The van der Waals surface area contributed by atoms with Gasteiger partial charge in [-0.25, -0.2) is 0 Å². The molecular formula is C18H26O4. The van der Waals surface area contributed by atoms with E-state index in [1.807, 2.05) is 41.5 Å². The average molecular weight is 306 g/mol. The van der Waals surface area contributed by atoms with Crippen LogP contribution in [0.1, 0.15) is 48.0 Å². The molecule has 1 saturated heterocycles. The molecule has 1 aliphatic heterocycles. The molecule has 4 nitrogen and oxygen atoms in total. The van der Waals surface area contributed by atoms with Gasteiger partial charge in [0.15, 0.2) is 5.60 Å². The Morgan fingerprint density at radius 1 is 1.36 bits per heavy atom. The summed E-state index contributed by atoms with van der Waals surface area (Å²) in [7, 11) is 0. The normalized spacial score (nSPS) is 32.9. The molecule has 0 aromatic rings. The fraction of sp³-hybridized carbons (Fsp3) is 0.667. The number of aliphatic hydroxyl groups excluding tert-OH is 1. The van der Waals surface area contributed by atoms with Crippen molar-refractivity contribution in [2.75, 3.05) is 6.61 Å². The second-order valence-corrected chi connectivity index (χ2v) is 7.22. The highest BCUT2D eigenvalue weighted by Crippen LogP contribution is 2.51. The number of fused-ring (bicyclic) bond motifs is 1. The largest absolute Gasteiger partial charge is 0.464 e. The maximum atomic E-state index is 11.2. The quantitative estimate of drug-likeness (QED) is 0.731. The van der Waals surface area contributed by atoms with Gasteiger partial charge < -0.3 is 19.7 Å². The molecule has 2 rings (SSSR count). The molecule has 1 fully saturated rings. The van der Waals surface area contributed by atoms with Gasteiger partial charge in [0.1, 0.15) is 11.9 Å². The molecule has 0 amide bonds. The minimum absolute atomic E-state index is 0.0599. The second kappa shape index (κ2) is 5.42. The van der Waals surface area contributed by atoms with Crippen LogP contribution >= 0.6 is 0 Å². The summed E-state index contributed by atoms with van der Waals surface area (Å²) >= 11 is 0. The SMILES string of the molecule is CC1=C2OC(C)(C)O[C@H]2CC(C)(C)C1(O)C#C/C(C)=C/CO. The van der Waals surface area contributed by atoms with Crippen molar-refractivity contribution in [3.05, 3.63) is 23.0 Å². The van der Waals surface area contributed by atoms with Crippen molar-refractivity contribution in [3.63, 3.8) is 0 Å². The number of rotatable bonds is 1. The van der Waals surface area contributed by atoms with Gasteiger partial charge in [-0.15, -0.1) is 0 Å². The molecule has 0 aromatic carbocycles. The second-order valence-electron chi connectivity index (χ2n) is 7.22. The summed E-state index contributed by atoms with van der Waals surface area (Å²) in [5, 5.41) is 20.2. The average Bonchev–Trinajstić information content (AvgIpc) is 2.68. The van der Waals surface area contributed by atoms with Crippen molar-refractivity contribution in [1.29, 1.82) is 0 Å². The van der Waals surface area contributed by atoms with Crippen molar-refractivity contribution in [2.24, 2.45) is 5.41 Å². The van der Waals surface area contributed by atoms with Gasteiger partial charge in [-0.2, -0.15) is 0 Å². The monoisotopic (exact) mass is 306 g/mol. The fourth-order valence-corrected chi connectivity index (χ4v) is 3.14. The lowest BCUT2D eigenvalue weighted by atomic mass is 9.64. The van der Waals surface area contributed by atoms with Gasteiger partial charge in [-0.05, 0) is 31.9 Å². The number of hydrogen-bond donors (Lipinski definition) is 2. The maximum Gasteiger partial charge on any atom is 0.205 e. The Kier molecular flexibility index (Phi) is 4.20. The van der Waals surface area contributed by atoms with Gasteiger partial charge in [0.25, 0.3) is 0 Å². The summed E-state index contributed by atoms with van der Waals surface area (Å²) < 4.78 is 11.8. The van der Waals surface area contributed by atoms with Crippen LogP contribution in [0.5, 0.6) is 0 Å². The van der Waals surface area contributed by atoms with E-state index in [0.717, 1.165) is 5.57 Å². The third kappa shape index (κ3) is 2.81. The summed E-state index contributed by atoms with van der Waals surface area (Å²) in [6.07, 6.45) is 2.12. The Hall–Kier alpha value is -1.28. The Morgan fingerprint density at radius 2 is 2.00 bits per heavy atom. The molecule has 0 saturated carbocycles. The van der Waals surface area contributed by atoms with Gasteiger partial charge >= 0.3 is 0 Å². The Labute approximate surface area is 132 Å². The molecule has 4 heteroatoms. The lowest BCUT2D eigenvalue weighted by Crippen LogP contribution is -2.50. The molecule has 22 heavy (non-hydrogen) atoms. The molecule has 1 heterocycles. The molecule has 0 radical (unpaired) electrons. The summed E-state index contributed by atoms with van der Waals surface area (Å²) in [6.45, 7) is 11.3. The van der Waals surface area contributed by atoms with Crippen LogP contribution < -0.4 is 0 Å². The third-order valence-electron chi connectivity index (χ3n) is 4.50. The molecule has 0 spiro atoms. The van der Waals surface area contributed by atoms with E-state index in [1.165, 1.54) is 0 Å². The van der Waals surface area contributed by atoms with Crippen LogP contribution in [0, 0.1) is 17.3 Å². The maximum absolute atomic E-state index is 11.2. The predicted octanol–water partition coefficient (Wildman–Crippen LogP) is 2.51. The fourth-order valence-electron chi connectivity index (χ4n) is 3.14. The number of aliphatic hydroxyl groups is 2. The zero-order chi connectivity index (χ0) is 16.8. The zero-order valence-corrected chi connectivity index (χ0v) is 14.3. The van der Waals surface area contributed by atoms with Crippen LogP contribution in [0.25, 0.3) is 0 Å². The molecule has 1 unspecified atom stereocenters.